The predicted molar refractivity (Wildman–Crippen MR) is 58.4 cm³/mol. The van der Waals surface area contributed by atoms with Crippen molar-refractivity contribution in [2.75, 3.05) is 0 Å². The maximum atomic E-state index is 13.8. The molecule has 1 aliphatic rings. The zero-order chi connectivity index (χ0) is 16.4. The second kappa shape index (κ2) is 3.95. The van der Waals surface area contributed by atoms with Crippen LogP contribution in [0.3, 0.4) is 0 Å². The number of hydrogen-bond acceptors (Lipinski definition) is 8. The molecule has 10 heteroatoms. The molecule has 0 aliphatic heterocycles. The minimum atomic E-state index is -5.39. The van der Waals surface area contributed by atoms with Crippen LogP contribution < -0.4 is 5.73 Å². The Morgan fingerprint density at radius 1 is 1.00 bits per heavy atom. The summed E-state index contributed by atoms with van der Waals surface area (Å²) < 4.78 is 27.6. The lowest BCUT2D eigenvalue weighted by molar-refractivity contribution is -0.529. The first-order chi connectivity index (χ1) is 8.63. The highest BCUT2D eigenvalue weighted by Crippen LogP contribution is 2.57. The quantitative estimate of drug-likeness (QED) is 0.194. The van der Waals surface area contributed by atoms with E-state index in [-0.39, 0.29) is 6.08 Å². The maximum absolute atomic E-state index is 13.8. The van der Waals surface area contributed by atoms with E-state index in [1.165, 1.54) is 0 Å². The zero-order valence-electron chi connectivity index (χ0n) is 10.0. The summed E-state index contributed by atoms with van der Waals surface area (Å²) in [5.41, 5.74) is 0.635. The predicted octanol–water partition coefficient (Wildman–Crippen LogP) is -3.32. The van der Waals surface area contributed by atoms with Gasteiger partial charge >= 0.3 is 5.92 Å². The van der Waals surface area contributed by atoms with Gasteiger partial charge in [0, 0.05) is 5.70 Å². The molecule has 1 fully saturated rings. The molecule has 0 aromatic rings. The van der Waals surface area contributed by atoms with Crippen LogP contribution in [0, 0.1) is 5.92 Å². The second-order valence-electron chi connectivity index (χ2n) is 4.68. The molecule has 20 heavy (non-hydrogen) atoms. The van der Waals surface area contributed by atoms with Crippen LogP contribution in [0.25, 0.3) is 0 Å². The Balaban J connectivity index is 3.80. The number of hydrogen-bond donors (Lipinski definition) is 8. The number of nitrogens with two attached hydrogens (primary N) is 1. The summed E-state index contributed by atoms with van der Waals surface area (Å²) in [6.07, 6.45) is 0.153. The molecule has 0 amide bonds. The van der Waals surface area contributed by atoms with E-state index in [9.17, 15) is 44.5 Å². The van der Waals surface area contributed by atoms with Crippen molar-refractivity contribution in [1.29, 1.82) is 0 Å². The van der Waals surface area contributed by atoms with Gasteiger partial charge in [0.1, 0.15) is 0 Å². The Hall–Kier alpha value is -1.14. The minimum Gasteiger partial charge on any atom is -0.402 e. The van der Waals surface area contributed by atoms with Gasteiger partial charge in [-0.05, 0) is 0 Å². The lowest BCUT2D eigenvalue weighted by Crippen LogP contribution is -2.87. The monoisotopic (exact) mass is 299 g/mol. The summed E-state index contributed by atoms with van der Waals surface area (Å²) in [5.74, 6) is -21.4. The highest BCUT2D eigenvalue weighted by molar-refractivity contribution is 5.30. The van der Waals surface area contributed by atoms with Gasteiger partial charge in [-0.3, -0.25) is 0 Å². The molecule has 0 saturated heterocycles. The summed E-state index contributed by atoms with van der Waals surface area (Å²) >= 11 is 0. The topological polar surface area (TPSA) is 168 Å². The van der Waals surface area contributed by atoms with Gasteiger partial charge in [0.05, 0.1) is 5.92 Å². The van der Waals surface area contributed by atoms with Gasteiger partial charge < -0.3 is 41.5 Å². The van der Waals surface area contributed by atoms with Crippen molar-refractivity contribution < 1.29 is 44.5 Å². The third-order valence-corrected chi connectivity index (χ3v) is 3.47. The molecule has 116 valence electrons. The van der Waals surface area contributed by atoms with Crippen molar-refractivity contribution >= 4 is 0 Å². The van der Waals surface area contributed by atoms with E-state index in [2.05, 4.69) is 13.2 Å². The van der Waals surface area contributed by atoms with Crippen LogP contribution in [0.15, 0.2) is 24.9 Å². The van der Waals surface area contributed by atoms with E-state index in [4.69, 9.17) is 5.73 Å². The smallest absolute Gasteiger partial charge is 0.361 e. The third kappa shape index (κ3) is 1.46. The standard InChI is InChI=1S/C10H15F2NO7/c1-3-6(14)5(4(2)13)7(15,16)10(19,20)8(11,12)9(6,17)18/h3,5,14-20H,1-2,13H2. The summed E-state index contributed by atoms with van der Waals surface area (Å²) in [7, 11) is 0. The fourth-order valence-corrected chi connectivity index (χ4v) is 2.24. The van der Waals surface area contributed by atoms with Gasteiger partial charge in [-0.1, -0.05) is 12.7 Å². The van der Waals surface area contributed by atoms with Gasteiger partial charge in [-0.15, -0.1) is 6.58 Å². The zero-order valence-corrected chi connectivity index (χ0v) is 10.0. The van der Waals surface area contributed by atoms with Crippen molar-refractivity contribution in [3.05, 3.63) is 24.9 Å². The molecular formula is C10H15F2NO7. The Morgan fingerprint density at radius 2 is 1.40 bits per heavy atom. The van der Waals surface area contributed by atoms with Crippen LogP contribution >= 0.6 is 0 Å². The molecule has 0 heterocycles. The van der Waals surface area contributed by atoms with Crippen molar-refractivity contribution in [3.63, 3.8) is 0 Å². The molecule has 1 aliphatic carbocycles. The average Bonchev–Trinajstić information content (AvgIpc) is 2.25. The summed E-state index contributed by atoms with van der Waals surface area (Å²) in [6, 6.07) is 0. The van der Waals surface area contributed by atoms with Crippen molar-refractivity contribution in [2.45, 2.75) is 28.9 Å². The SMILES string of the molecule is C=CC1(O)C(C(=C)N)C(O)(O)C(O)(O)C(F)(F)C1(O)O. The highest BCUT2D eigenvalue weighted by atomic mass is 19.3. The van der Waals surface area contributed by atoms with Gasteiger partial charge in [-0.25, -0.2) is 0 Å². The highest BCUT2D eigenvalue weighted by Gasteiger charge is 2.87. The Labute approximate surface area is 111 Å². The summed E-state index contributed by atoms with van der Waals surface area (Å²) in [6.45, 7) is 5.84. The van der Waals surface area contributed by atoms with E-state index in [1.807, 2.05) is 0 Å². The van der Waals surface area contributed by atoms with Crippen molar-refractivity contribution in [3.8, 4) is 0 Å². The number of aliphatic hydroxyl groups is 7. The molecule has 0 aromatic heterocycles. The lowest BCUT2D eigenvalue weighted by Gasteiger charge is -2.59. The van der Waals surface area contributed by atoms with Crippen molar-refractivity contribution in [1.82, 2.24) is 0 Å². The van der Waals surface area contributed by atoms with E-state index >= 15 is 0 Å². The molecule has 0 aromatic carbocycles. The summed E-state index contributed by atoms with van der Waals surface area (Å²) in [5, 5.41) is 66.5. The Bertz CT molecular complexity index is 463. The second-order valence-corrected chi connectivity index (χ2v) is 4.68. The fourth-order valence-electron chi connectivity index (χ4n) is 2.24. The first kappa shape index (κ1) is 16.9. The molecule has 0 spiro atoms. The number of rotatable bonds is 2. The van der Waals surface area contributed by atoms with Gasteiger partial charge in [0.2, 0.25) is 5.79 Å². The van der Waals surface area contributed by atoms with Crippen LogP contribution in [0.2, 0.25) is 0 Å². The van der Waals surface area contributed by atoms with Gasteiger partial charge in [-0.2, -0.15) is 8.78 Å². The minimum absolute atomic E-state index is 0.153. The summed E-state index contributed by atoms with van der Waals surface area (Å²) in [4.78, 5) is 0. The van der Waals surface area contributed by atoms with Crippen molar-refractivity contribution in [2.24, 2.45) is 11.7 Å². The van der Waals surface area contributed by atoms with Crippen LogP contribution in [-0.2, 0) is 0 Å². The van der Waals surface area contributed by atoms with E-state index in [1.54, 1.807) is 0 Å². The largest absolute Gasteiger partial charge is 0.402 e. The molecule has 0 bridgehead atoms. The molecular weight excluding hydrogens is 284 g/mol. The number of alkyl halides is 2. The Morgan fingerprint density at radius 3 is 1.70 bits per heavy atom. The normalized spacial score (nSPS) is 37.1. The number of halogens is 2. The van der Waals surface area contributed by atoms with E-state index < -0.39 is 40.5 Å². The molecule has 8 nitrogen and oxygen atoms in total. The fraction of sp³-hybridized carbons (Fsp3) is 0.600. The van der Waals surface area contributed by atoms with E-state index in [0.29, 0.717) is 0 Å². The van der Waals surface area contributed by atoms with Gasteiger partial charge in [0.15, 0.2) is 5.60 Å². The lowest BCUT2D eigenvalue weighted by atomic mass is 9.62. The van der Waals surface area contributed by atoms with E-state index in [0.717, 1.165) is 0 Å². The first-order valence-electron chi connectivity index (χ1n) is 5.15. The Kier molecular flexibility index (Phi) is 3.34. The molecule has 2 unspecified atom stereocenters. The van der Waals surface area contributed by atoms with Crippen LogP contribution in [0.5, 0.6) is 0 Å². The molecule has 2 atom stereocenters. The molecule has 9 N–H and O–H groups in total. The third-order valence-electron chi connectivity index (χ3n) is 3.47. The maximum Gasteiger partial charge on any atom is 0.361 e. The van der Waals surface area contributed by atoms with Gasteiger partial charge in [0.25, 0.3) is 11.6 Å². The van der Waals surface area contributed by atoms with Crippen LogP contribution in [0.1, 0.15) is 0 Å². The first-order valence-corrected chi connectivity index (χ1v) is 5.15. The average molecular weight is 299 g/mol. The molecule has 0 radical (unpaired) electrons. The van der Waals surface area contributed by atoms with Crippen LogP contribution in [0.4, 0.5) is 8.78 Å². The molecule has 1 rings (SSSR count). The molecule has 1 saturated carbocycles. The van der Waals surface area contributed by atoms with Crippen LogP contribution in [-0.4, -0.2) is 64.6 Å².